The van der Waals surface area contributed by atoms with Crippen LogP contribution in [0.15, 0.2) is 45.7 Å². The Bertz CT molecular complexity index is 438. The molecule has 84 valence electrons. The van der Waals surface area contributed by atoms with Crippen molar-refractivity contribution in [2.45, 2.75) is 19.6 Å². The molecule has 0 spiro atoms. The first-order valence-corrected chi connectivity index (χ1v) is 10.4. The van der Waals surface area contributed by atoms with Crippen LogP contribution in [0, 0.1) is 5.92 Å². The van der Waals surface area contributed by atoms with Crippen LogP contribution in [0.25, 0.3) is 5.57 Å². The Kier molecular flexibility index (Phi) is 3.40. The van der Waals surface area contributed by atoms with E-state index < -0.39 is 8.07 Å². The maximum absolute atomic E-state index is 2.44. The third-order valence-corrected chi connectivity index (χ3v) is 5.60. The van der Waals surface area contributed by atoms with Crippen molar-refractivity contribution in [3.8, 4) is 0 Å². The summed E-state index contributed by atoms with van der Waals surface area (Å²) in [6.45, 7) is 7.31. The zero-order chi connectivity index (χ0) is 11.8. The van der Waals surface area contributed by atoms with Gasteiger partial charge in [0.15, 0.2) is 0 Å². The Morgan fingerprint density at radius 3 is 2.25 bits per heavy atom. The lowest BCUT2D eigenvalue weighted by Crippen LogP contribution is -2.19. The van der Waals surface area contributed by atoms with Gasteiger partial charge in [-0.25, -0.2) is 0 Å². The van der Waals surface area contributed by atoms with Crippen LogP contribution in [-0.2, 0) is 0 Å². The summed E-state index contributed by atoms with van der Waals surface area (Å²) in [4.78, 5) is 0. The second-order valence-corrected chi connectivity index (χ2v) is 11.0. The summed E-state index contributed by atoms with van der Waals surface area (Å²) in [5.41, 5.74) is 3.01. The largest absolute Gasteiger partial charge is 0.0740 e. The van der Waals surface area contributed by atoms with E-state index in [4.69, 9.17) is 0 Å². The molecule has 1 atom stereocenters. The predicted octanol–water partition coefficient (Wildman–Crippen LogP) is 4.90. The maximum Gasteiger partial charge on any atom is 0.0740 e. The topological polar surface area (TPSA) is 0 Å². The second-order valence-electron chi connectivity index (χ2n) is 5.24. The molecule has 1 unspecified atom stereocenters. The minimum Gasteiger partial charge on any atom is -0.0672 e. The van der Waals surface area contributed by atoms with E-state index >= 15 is 0 Å². The average Bonchev–Trinajstić information content (AvgIpc) is 2.94. The minimum atomic E-state index is -1.14. The molecule has 0 saturated heterocycles. The van der Waals surface area contributed by atoms with E-state index in [2.05, 4.69) is 82.7 Å². The normalized spacial score (nSPS) is 20.6. The van der Waals surface area contributed by atoms with E-state index in [9.17, 15) is 0 Å². The van der Waals surface area contributed by atoms with Gasteiger partial charge in [0, 0.05) is 5.92 Å². The molecule has 0 nitrogen and oxygen atoms in total. The van der Waals surface area contributed by atoms with Crippen LogP contribution in [0.4, 0.5) is 0 Å². The van der Waals surface area contributed by atoms with Crippen molar-refractivity contribution >= 4 is 36.2 Å². The van der Waals surface area contributed by atoms with Gasteiger partial charge in [-0.05, 0) is 15.2 Å². The monoisotopic (exact) mass is 340 g/mol. The molecule has 0 heterocycles. The summed E-state index contributed by atoms with van der Waals surface area (Å²) in [5.74, 6) is 0.631. The molecule has 0 fully saturated rings. The van der Waals surface area contributed by atoms with Crippen LogP contribution in [-0.4, -0.2) is 8.07 Å². The molecule has 0 bridgehead atoms. The Morgan fingerprint density at radius 2 is 1.75 bits per heavy atom. The zero-order valence-corrected chi connectivity index (χ0v) is 13.2. The summed E-state index contributed by atoms with van der Waals surface area (Å²) in [6.07, 6.45) is 2.33. The predicted molar refractivity (Wildman–Crippen MR) is 83.4 cm³/mol. The molecule has 2 rings (SSSR count). The molecule has 0 saturated carbocycles. The minimum absolute atomic E-state index is 0.631. The van der Waals surface area contributed by atoms with Gasteiger partial charge < -0.3 is 0 Å². The van der Waals surface area contributed by atoms with Gasteiger partial charge in [0.25, 0.3) is 0 Å². The Labute approximate surface area is 113 Å². The number of benzene rings is 1. The first-order chi connectivity index (χ1) is 7.55. The molecular weight excluding hydrogens is 323 g/mol. The van der Waals surface area contributed by atoms with E-state index in [0.717, 1.165) is 0 Å². The van der Waals surface area contributed by atoms with E-state index in [1.54, 1.807) is 10.8 Å². The van der Waals surface area contributed by atoms with Gasteiger partial charge in [-0.1, -0.05) is 83.8 Å². The lowest BCUT2D eigenvalue weighted by atomic mass is 10.1. The van der Waals surface area contributed by atoms with E-state index in [-0.39, 0.29) is 0 Å². The highest BCUT2D eigenvalue weighted by Gasteiger charge is 2.42. The molecule has 16 heavy (non-hydrogen) atoms. The fourth-order valence-corrected chi connectivity index (χ4v) is 4.95. The summed E-state index contributed by atoms with van der Waals surface area (Å²) in [6, 6.07) is 10.8. The Morgan fingerprint density at radius 1 is 1.12 bits per heavy atom. The molecule has 1 aliphatic rings. The van der Waals surface area contributed by atoms with E-state index in [1.165, 1.54) is 5.56 Å². The van der Waals surface area contributed by atoms with Crippen LogP contribution < -0.4 is 0 Å². The SMILES string of the molecule is C[Si](C)(C)C1=C(c2ccccc2)C1/C=C\I. The first kappa shape index (κ1) is 12.1. The van der Waals surface area contributed by atoms with Gasteiger partial charge >= 0.3 is 0 Å². The molecular formula is C14H17ISi. The van der Waals surface area contributed by atoms with Gasteiger partial charge in [-0.15, -0.1) is 0 Å². The summed E-state index contributed by atoms with van der Waals surface area (Å²) >= 11 is 2.32. The van der Waals surface area contributed by atoms with Gasteiger partial charge in [-0.2, -0.15) is 0 Å². The number of rotatable bonds is 3. The van der Waals surface area contributed by atoms with Gasteiger partial charge in [0.1, 0.15) is 0 Å². The van der Waals surface area contributed by atoms with E-state index in [1.807, 2.05) is 0 Å². The molecule has 1 aliphatic carbocycles. The molecule has 0 N–H and O–H groups in total. The number of allylic oxidation sites excluding steroid dienone is 3. The van der Waals surface area contributed by atoms with Gasteiger partial charge in [-0.3, -0.25) is 0 Å². The molecule has 1 aromatic carbocycles. The summed E-state index contributed by atoms with van der Waals surface area (Å²) < 4.78 is 2.15. The third-order valence-electron chi connectivity index (χ3n) is 2.99. The fraction of sp³-hybridized carbons (Fsp3) is 0.286. The highest BCUT2D eigenvalue weighted by molar-refractivity contribution is 14.1. The van der Waals surface area contributed by atoms with Crippen molar-refractivity contribution < 1.29 is 0 Å². The van der Waals surface area contributed by atoms with Crippen LogP contribution in [0.1, 0.15) is 5.56 Å². The highest BCUT2D eigenvalue weighted by Crippen LogP contribution is 2.52. The Hall–Kier alpha value is -0.353. The molecule has 2 heteroatoms. The average molecular weight is 340 g/mol. The molecule has 1 aromatic rings. The number of hydrogen-bond acceptors (Lipinski definition) is 0. The Balaban J connectivity index is 2.36. The van der Waals surface area contributed by atoms with Gasteiger partial charge in [0.2, 0.25) is 0 Å². The highest BCUT2D eigenvalue weighted by atomic mass is 127. The van der Waals surface area contributed by atoms with E-state index in [0.29, 0.717) is 5.92 Å². The van der Waals surface area contributed by atoms with Gasteiger partial charge in [0.05, 0.1) is 8.07 Å². The number of halogens is 1. The standard InChI is InChI=1S/C14H17ISi/c1-16(2,3)14-12(9-10-15)13(14)11-7-5-4-6-8-11/h4-10,12H,1-3H3/b10-9-. The fourth-order valence-electron chi connectivity index (χ4n) is 2.33. The third kappa shape index (κ3) is 2.32. The first-order valence-electron chi connectivity index (χ1n) is 5.62. The smallest absolute Gasteiger partial charge is 0.0672 e. The van der Waals surface area contributed by atoms with Crippen molar-refractivity contribution in [2.75, 3.05) is 0 Å². The van der Waals surface area contributed by atoms with Crippen molar-refractivity contribution in [3.63, 3.8) is 0 Å². The zero-order valence-electron chi connectivity index (χ0n) is 10.00. The lowest BCUT2D eigenvalue weighted by molar-refractivity contribution is 1.23. The van der Waals surface area contributed by atoms with Crippen molar-refractivity contribution in [1.29, 1.82) is 0 Å². The summed E-state index contributed by atoms with van der Waals surface area (Å²) in [5, 5.41) is 1.73. The molecule has 0 amide bonds. The number of hydrogen-bond donors (Lipinski definition) is 0. The molecule has 0 radical (unpaired) electrons. The quantitative estimate of drug-likeness (QED) is 0.543. The molecule has 0 aliphatic heterocycles. The van der Waals surface area contributed by atoms with Crippen molar-refractivity contribution in [2.24, 2.45) is 5.92 Å². The summed E-state index contributed by atoms with van der Waals surface area (Å²) in [7, 11) is -1.14. The molecule has 0 aromatic heterocycles. The maximum atomic E-state index is 2.44. The van der Waals surface area contributed by atoms with Crippen molar-refractivity contribution in [1.82, 2.24) is 0 Å². The van der Waals surface area contributed by atoms with Crippen LogP contribution in [0.5, 0.6) is 0 Å². The van der Waals surface area contributed by atoms with Crippen LogP contribution in [0.3, 0.4) is 0 Å². The van der Waals surface area contributed by atoms with Crippen molar-refractivity contribution in [3.05, 3.63) is 51.3 Å². The van der Waals surface area contributed by atoms with Crippen LogP contribution in [0.2, 0.25) is 19.6 Å². The van der Waals surface area contributed by atoms with Crippen LogP contribution >= 0.6 is 22.6 Å². The lowest BCUT2D eigenvalue weighted by Gasteiger charge is -2.11. The second kappa shape index (κ2) is 4.49.